The highest BCUT2D eigenvalue weighted by atomic mass is 32.2. The summed E-state index contributed by atoms with van der Waals surface area (Å²) in [5.74, 6) is 7.60. The predicted molar refractivity (Wildman–Crippen MR) is 92.7 cm³/mol. The Balaban J connectivity index is 1.61. The van der Waals surface area contributed by atoms with Crippen molar-refractivity contribution in [3.05, 3.63) is 52.0 Å². The molecule has 0 radical (unpaired) electrons. The van der Waals surface area contributed by atoms with Gasteiger partial charge in [-0.3, -0.25) is 9.89 Å². The number of fused-ring (bicyclic) bond motifs is 1. The standard InChI is InChI=1S/C15H12N8O2S/c1-8-11(2-3-25-8)14-20-21-15(22(14)17)26-7-10-4-12(24)23-13(19-10)9(5-16)6-18-23/h2-4,6,18H,7,17H2,1H3. The summed E-state index contributed by atoms with van der Waals surface area (Å²) in [5.41, 5.74) is 1.57. The minimum atomic E-state index is -0.295. The Morgan fingerprint density at radius 3 is 3.04 bits per heavy atom. The van der Waals surface area contributed by atoms with Gasteiger partial charge in [0.05, 0.1) is 17.5 Å². The largest absolute Gasteiger partial charge is 0.469 e. The van der Waals surface area contributed by atoms with Crippen LogP contribution < -0.4 is 11.4 Å². The van der Waals surface area contributed by atoms with E-state index in [1.54, 1.807) is 12.3 Å². The summed E-state index contributed by atoms with van der Waals surface area (Å²) in [7, 11) is 0. The minimum absolute atomic E-state index is 0.291. The predicted octanol–water partition coefficient (Wildman–Crippen LogP) is 1.06. The second kappa shape index (κ2) is 6.08. The van der Waals surface area contributed by atoms with Gasteiger partial charge in [-0.2, -0.15) is 5.26 Å². The second-order valence-corrected chi connectivity index (χ2v) is 6.34. The van der Waals surface area contributed by atoms with Crippen molar-refractivity contribution in [1.29, 1.82) is 5.26 Å². The summed E-state index contributed by atoms with van der Waals surface area (Å²) in [5, 5.41) is 20.4. The molecule has 0 unspecified atom stereocenters. The monoisotopic (exact) mass is 368 g/mol. The van der Waals surface area contributed by atoms with Crippen LogP contribution in [0, 0.1) is 18.3 Å². The van der Waals surface area contributed by atoms with Crippen molar-refractivity contribution >= 4 is 17.4 Å². The maximum absolute atomic E-state index is 12.1. The molecular weight excluding hydrogens is 356 g/mol. The molecule has 10 nitrogen and oxygen atoms in total. The van der Waals surface area contributed by atoms with E-state index >= 15 is 0 Å². The number of furan rings is 1. The second-order valence-electron chi connectivity index (χ2n) is 5.40. The molecule has 4 heterocycles. The van der Waals surface area contributed by atoms with Crippen LogP contribution in [-0.4, -0.2) is 29.5 Å². The van der Waals surface area contributed by atoms with Gasteiger partial charge in [-0.1, -0.05) is 11.8 Å². The van der Waals surface area contributed by atoms with Crippen LogP contribution in [0.25, 0.3) is 17.0 Å². The van der Waals surface area contributed by atoms with E-state index in [2.05, 4.69) is 20.3 Å². The molecule has 0 spiro atoms. The molecule has 0 aliphatic rings. The molecule has 0 aromatic carbocycles. The maximum Gasteiger partial charge on any atom is 0.272 e. The molecule has 4 rings (SSSR count). The van der Waals surface area contributed by atoms with E-state index in [1.165, 1.54) is 33.2 Å². The minimum Gasteiger partial charge on any atom is -0.469 e. The Morgan fingerprint density at radius 1 is 1.46 bits per heavy atom. The molecule has 11 heteroatoms. The van der Waals surface area contributed by atoms with Crippen LogP contribution in [0.2, 0.25) is 0 Å². The molecule has 0 aliphatic carbocycles. The zero-order valence-corrected chi connectivity index (χ0v) is 14.3. The molecule has 0 aliphatic heterocycles. The van der Waals surface area contributed by atoms with Crippen molar-refractivity contribution in [1.82, 2.24) is 29.5 Å². The first-order chi connectivity index (χ1) is 12.6. The molecule has 0 fully saturated rings. The number of rotatable bonds is 4. The first-order valence-corrected chi connectivity index (χ1v) is 8.45. The fraction of sp³-hybridized carbons (Fsp3) is 0.133. The Bertz CT molecular complexity index is 1210. The molecule has 26 heavy (non-hydrogen) atoms. The normalized spacial score (nSPS) is 11.1. The highest BCUT2D eigenvalue weighted by molar-refractivity contribution is 7.98. The third-order valence-electron chi connectivity index (χ3n) is 3.78. The summed E-state index contributed by atoms with van der Waals surface area (Å²) in [6.07, 6.45) is 3.00. The summed E-state index contributed by atoms with van der Waals surface area (Å²) in [6.45, 7) is 1.81. The van der Waals surface area contributed by atoms with Crippen molar-refractivity contribution in [2.24, 2.45) is 0 Å². The number of aromatic amines is 1. The maximum atomic E-state index is 12.1. The third kappa shape index (κ3) is 2.52. The molecule has 0 atom stereocenters. The van der Waals surface area contributed by atoms with Gasteiger partial charge < -0.3 is 10.3 Å². The third-order valence-corrected chi connectivity index (χ3v) is 4.76. The first kappa shape index (κ1) is 16.0. The van der Waals surface area contributed by atoms with Crippen LogP contribution in [0.3, 0.4) is 0 Å². The van der Waals surface area contributed by atoms with Gasteiger partial charge in [0.1, 0.15) is 17.4 Å². The Hall–Kier alpha value is -3.52. The lowest BCUT2D eigenvalue weighted by Crippen LogP contribution is -2.15. The van der Waals surface area contributed by atoms with Gasteiger partial charge in [0.2, 0.25) is 5.16 Å². The van der Waals surface area contributed by atoms with Gasteiger partial charge in [-0.05, 0) is 13.0 Å². The van der Waals surface area contributed by atoms with E-state index in [9.17, 15) is 4.79 Å². The highest BCUT2D eigenvalue weighted by Gasteiger charge is 2.16. The van der Waals surface area contributed by atoms with Gasteiger partial charge in [0.15, 0.2) is 11.5 Å². The zero-order valence-electron chi connectivity index (χ0n) is 13.5. The molecule has 4 aromatic rings. The SMILES string of the molecule is Cc1occc1-c1nnc(SCc2cc(=O)n3[nH]cc(C#N)c3n2)n1N. The molecule has 0 saturated heterocycles. The average Bonchev–Trinajstić information content (AvgIpc) is 3.32. The Kier molecular flexibility index (Phi) is 3.74. The lowest BCUT2D eigenvalue weighted by molar-refractivity contribution is 0.535. The van der Waals surface area contributed by atoms with E-state index < -0.39 is 0 Å². The van der Waals surface area contributed by atoms with Crippen LogP contribution in [0.1, 0.15) is 17.0 Å². The Morgan fingerprint density at radius 2 is 2.31 bits per heavy atom. The van der Waals surface area contributed by atoms with Gasteiger partial charge >= 0.3 is 0 Å². The number of nitrogens with one attached hydrogen (secondary N) is 1. The van der Waals surface area contributed by atoms with Crippen LogP contribution >= 0.6 is 11.8 Å². The number of thioether (sulfide) groups is 1. The fourth-order valence-corrected chi connectivity index (χ4v) is 3.25. The van der Waals surface area contributed by atoms with Crippen LogP contribution in [0.5, 0.6) is 0 Å². The average molecular weight is 368 g/mol. The van der Waals surface area contributed by atoms with Crippen molar-refractivity contribution in [3.63, 3.8) is 0 Å². The van der Waals surface area contributed by atoms with Gasteiger partial charge in [-0.25, -0.2) is 14.2 Å². The van der Waals surface area contributed by atoms with Gasteiger partial charge in [0, 0.05) is 18.0 Å². The summed E-state index contributed by atoms with van der Waals surface area (Å²) >= 11 is 1.29. The highest BCUT2D eigenvalue weighted by Crippen LogP contribution is 2.26. The smallest absolute Gasteiger partial charge is 0.272 e. The van der Waals surface area contributed by atoms with Gasteiger partial charge in [0.25, 0.3) is 5.56 Å². The molecule has 0 bridgehead atoms. The number of nitrogens with zero attached hydrogens (tertiary/aromatic N) is 6. The molecular formula is C15H12N8O2S. The van der Waals surface area contributed by atoms with Crippen molar-refractivity contribution in [3.8, 4) is 17.5 Å². The lowest BCUT2D eigenvalue weighted by atomic mass is 10.2. The molecule has 3 N–H and O–H groups in total. The fourth-order valence-electron chi connectivity index (χ4n) is 2.50. The van der Waals surface area contributed by atoms with E-state index in [0.717, 1.165) is 5.56 Å². The summed E-state index contributed by atoms with van der Waals surface area (Å²) in [6, 6.07) is 5.16. The number of nitrogens with two attached hydrogens (primary N) is 1. The van der Waals surface area contributed by atoms with E-state index in [1.807, 2.05) is 13.0 Å². The number of aromatic nitrogens is 6. The first-order valence-electron chi connectivity index (χ1n) is 7.46. The van der Waals surface area contributed by atoms with Crippen LogP contribution in [0.15, 0.2) is 39.0 Å². The number of hydrogen-bond acceptors (Lipinski definition) is 8. The number of H-pyrrole nitrogens is 1. The topological polar surface area (TPSA) is 144 Å². The number of hydrogen-bond donors (Lipinski definition) is 2. The molecule has 4 aromatic heterocycles. The van der Waals surface area contributed by atoms with E-state index in [-0.39, 0.29) is 5.56 Å². The zero-order chi connectivity index (χ0) is 18.3. The summed E-state index contributed by atoms with van der Waals surface area (Å²) in [4.78, 5) is 16.5. The van der Waals surface area contributed by atoms with Crippen LogP contribution in [-0.2, 0) is 5.75 Å². The van der Waals surface area contributed by atoms with Gasteiger partial charge in [-0.15, -0.1) is 10.2 Å². The quantitative estimate of drug-likeness (QED) is 0.402. The van der Waals surface area contributed by atoms with Crippen LogP contribution in [0.4, 0.5) is 0 Å². The molecule has 130 valence electrons. The molecule has 0 saturated carbocycles. The van der Waals surface area contributed by atoms with Crippen molar-refractivity contribution in [2.75, 3.05) is 5.84 Å². The number of nitrogen functional groups attached to an aromatic ring is 1. The molecule has 0 amide bonds. The van der Waals surface area contributed by atoms with E-state index in [0.29, 0.717) is 39.4 Å². The van der Waals surface area contributed by atoms with E-state index in [4.69, 9.17) is 15.5 Å². The number of nitriles is 1. The number of aryl methyl sites for hydroxylation is 1. The van der Waals surface area contributed by atoms with Crippen molar-refractivity contribution < 1.29 is 4.42 Å². The Labute approximate surface area is 150 Å². The van der Waals surface area contributed by atoms with Crippen molar-refractivity contribution in [2.45, 2.75) is 17.8 Å². The summed E-state index contributed by atoms with van der Waals surface area (Å²) < 4.78 is 7.85. The lowest BCUT2D eigenvalue weighted by Gasteiger charge is -2.03.